The molecule has 33 heavy (non-hydrogen) atoms. The van der Waals surface area contributed by atoms with Crippen LogP contribution in [0.1, 0.15) is 22.3 Å². The van der Waals surface area contributed by atoms with E-state index in [1.807, 2.05) is 67.6 Å². The van der Waals surface area contributed by atoms with Gasteiger partial charge in [-0.05, 0) is 71.7 Å². The predicted octanol–water partition coefficient (Wildman–Crippen LogP) is 6.58. The summed E-state index contributed by atoms with van der Waals surface area (Å²) in [7, 11) is 0. The van der Waals surface area contributed by atoms with Crippen molar-refractivity contribution < 1.29 is 9.53 Å². The summed E-state index contributed by atoms with van der Waals surface area (Å²) in [5, 5.41) is 14.6. The van der Waals surface area contributed by atoms with E-state index < -0.39 is 5.91 Å². The topological polar surface area (TPSA) is 62.1 Å². The molecule has 0 aliphatic carbocycles. The van der Waals surface area contributed by atoms with E-state index in [2.05, 4.69) is 36.5 Å². The van der Waals surface area contributed by atoms with Crippen LogP contribution in [-0.4, -0.2) is 5.91 Å². The van der Waals surface area contributed by atoms with Crippen molar-refractivity contribution in [1.29, 1.82) is 5.26 Å². The lowest BCUT2D eigenvalue weighted by Gasteiger charge is -2.12. The Labute approximate surface area is 193 Å². The summed E-state index contributed by atoms with van der Waals surface area (Å²) in [6.45, 7) is 4.50. The normalized spacial score (nSPS) is 11.1. The number of anilines is 1. The molecular formula is C29H24N2O2. The molecule has 4 nitrogen and oxygen atoms in total. The third kappa shape index (κ3) is 5.28. The molecule has 0 fully saturated rings. The minimum Gasteiger partial charge on any atom is -0.489 e. The number of ether oxygens (including phenoxy) is 1. The van der Waals surface area contributed by atoms with Crippen LogP contribution in [-0.2, 0) is 11.4 Å². The number of benzene rings is 4. The Kier molecular flexibility index (Phi) is 6.52. The molecule has 0 spiro atoms. The van der Waals surface area contributed by atoms with E-state index in [0.717, 1.165) is 22.4 Å². The number of amides is 1. The number of hydrogen-bond donors (Lipinski definition) is 1. The standard InChI is InChI=1S/C29H24N2O2/c1-20-6-5-8-25(16-20)31-29(32)24(18-30)17-22-11-14-26(15-12-22)33-19-28-21(2)10-13-23-7-3-4-9-27(23)28/h3-17H,19H2,1-2H3,(H,31,32)/b24-17+. The van der Waals surface area contributed by atoms with Crippen LogP contribution in [0.15, 0.2) is 90.5 Å². The molecule has 4 rings (SSSR count). The summed E-state index contributed by atoms with van der Waals surface area (Å²) < 4.78 is 6.04. The molecule has 4 aromatic carbocycles. The first-order chi connectivity index (χ1) is 16.0. The maximum Gasteiger partial charge on any atom is 0.266 e. The minimum atomic E-state index is -0.435. The van der Waals surface area contributed by atoms with Gasteiger partial charge in [0.05, 0.1) is 0 Å². The van der Waals surface area contributed by atoms with Gasteiger partial charge < -0.3 is 10.1 Å². The summed E-state index contributed by atoms with van der Waals surface area (Å²) in [4.78, 5) is 12.5. The second-order valence-electron chi connectivity index (χ2n) is 7.93. The van der Waals surface area contributed by atoms with Gasteiger partial charge in [0.1, 0.15) is 24.0 Å². The highest BCUT2D eigenvalue weighted by Crippen LogP contribution is 2.24. The molecule has 0 saturated heterocycles. The summed E-state index contributed by atoms with van der Waals surface area (Å²) in [6.07, 6.45) is 1.57. The van der Waals surface area contributed by atoms with Gasteiger partial charge in [-0.15, -0.1) is 0 Å². The summed E-state index contributed by atoms with van der Waals surface area (Å²) in [5.74, 6) is 0.289. The van der Waals surface area contributed by atoms with Crippen LogP contribution >= 0.6 is 0 Å². The van der Waals surface area contributed by atoms with Gasteiger partial charge in [-0.3, -0.25) is 4.79 Å². The Morgan fingerprint density at radius 3 is 2.52 bits per heavy atom. The quantitative estimate of drug-likeness (QED) is 0.276. The van der Waals surface area contributed by atoms with Gasteiger partial charge in [-0.1, -0.05) is 60.7 Å². The highest BCUT2D eigenvalue weighted by molar-refractivity contribution is 6.09. The zero-order chi connectivity index (χ0) is 23.2. The molecule has 0 aliphatic rings. The molecule has 1 N–H and O–H groups in total. The molecule has 0 bridgehead atoms. The van der Waals surface area contributed by atoms with Crippen LogP contribution in [0.3, 0.4) is 0 Å². The average Bonchev–Trinajstić information content (AvgIpc) is 2.82. The van der Waals surface area contributed by atoms with Crippen molar-refractivity contribution in [3.8, 4) is 11.8 Å². The van der Waals surface area contributed by atoms with Crippen LogP contribution in [0.4, 0.5) is 5.69 Å². The van der Waals surface area contributed by atoms with E-state index in [-0.39, 0.29) is 5.57 Å². The molecule has 1 amide bonds. The molecule has 0 aromatic heterocycles. The molecule has 162 valence electrons. The van der Waals surface area contributed by atoms with Gasteiger partial charge >= 0.3 is 0 Å². The zero-order valence-corrected chi connectivity index (χ0v) is 18.6. The molecule has 0 aliphatic heterocycles. The summed E-state index contributed by atoms with van der Waals surface area (Å²) in [6, 6.07) is 29.3. The van der Waals surface area contributed by atoms with Crippen LogP contribution in [0.5, 0.6) is 5.75 Å². The monoisotopic (exact) mass is 432 g/mol. The molecule has 0 radical (unpaired) electrons. The van der Waals surface area contributed by atoms with E-state index in [4.69, 9.17) is 4.74 Å². The second kappa shape index (κ2) is 9.84. The van der Waals surface area contributed by atoms with Crippen molar-refractivity contribution in [2.24, 2.45) is 0 Å². The smallest absolute Gasteiger partial charge is 0.266 e. The fourth-order valence-electron chi connectivity index (χ4n) is 3.69. The van der Waals surface area contributed by atoms with Crippen LogP contribution in [0, 0.1) is 25.2 Å². The van der Waals surface area contributed by atoms with E-state index in [1.165, 1.54) is 16.3 Å². The van der Waals surface area contributed by atoms with Gasteiger partial charge in [-0.25, -0.2) is 0 Å². The molecule has 0 saturated carbocycles. The number of carbonyl (C=O) groups excluding carboxylic acids is 1. The third-order valence-corrected chi connectivity index (χ3v) is 5.49. The lowest BCUT2D eigenvalue weighted by molar-refractivity contribution is -0.112. The van der Waals surface area contributed by atoms with Gasteiger partial charge in [0.25, 0.3) is 5.91 Å². The molecule has 4 aromatic rings. The second-order valence-corrected chi connectivity index (χ2v) is 7.93. The maximum absolute atomic E-state index is 12.5. The molecular weight excluding hydrogens is 408 g/mol. The fraction of sp³-hybridized carbons (Fsp3) is 0.103. The fourth-order valence-corrected chi connectivity index (χ4v) is 3.69. The largest absolute Gasteiger partial charge is 0.489 e. The Bertz CT molecular complexity index is 1380. The van der Waals surface area contributed by atoms with Crippen molar-refractivity contribution >= 4 is 28.4 Å². The van der Waals surface area contributed by atoms with Crippen LogP contribution < -0.4 is 10.1 Å². The van der Waals surface area contributed by atoms with Crippen molar-refractivity contribution in [2.45, 2.75) is 20.5 Å². The first-order valence-corrected chi connectivity index (χ1v) is 10.7. The van der Waals surface area contributed by atoms with Crippen molar-refractivity contribution in [1.82, 2.24) is 0 Å². The number of nitriles is 1. The molecule has 0 heterocycles. The molecule has 0 unspecified atom stereocenters. The average molecular weight is 433 g/mol. The van der Waals surface area contributed by atoms with Crippen LogP contribution in [0.2, 0.25) is 0 Å². The molecule has 0 atom stereocenters. The third-order valence-electron chi connectivity index (χ3n) is 5.49. The first-order valence-electron chi connectivity index (χ1n) is 10.7. The molecule has 4 heteroatoms. The lowest BCUT2D eigenvalue weighted by Crippen LogP contribution is -2.13. The number of fused-ring (bicyclic) bond motifs is 1. The maximum atomic E-state index is 12.5. The number of hydrogen-bond acceptors (Lipinski definition) is 3. The number of nitrogens with one attached hydrogen (secondary N) is 1. The minimum absolute atomic E-state index is 0.0385. The van der Waals surface area contributed by atoms with E-state index in [9.17, 15) is 10.1 Å². The van der Waals surface area contributed by atoms with E-state index in [0.29, 0.717) is 12.3 Å². The van der Waals surface area contributed by atoms with Gasteiger partial charge in [-0.2, -0.15) is 5.26 Å². The highest BCUT2D eigenvalue weighted by Gasteiger charge is 2.10. The van der Waals surface area contributed by atoms with Crippen LogP contribution in [0.25, 0.3) is 16.8 Å². The lowest BCUT2D eigenvalue weighted by atomic mass is 10.0. The number of aryl methyl sites for hydroxylation is 2. The van der Waals surface area contributed by atoms with E-state index >= 15 is 0 Å². The number of nitrogens with zero attached hydrogens (tertiary/aromatic N) is 1. The number of carbonyl (C=O) groups is 1. The highest BCUT2D eigenvalue weighted by atomic mass is 16.5. The Hall–Kier alpha value is -4.36. The zero-order valence-electron chi connectivity index (χ0n) is 18.6. The Morgan fingerprint density at radius 2 is 1.76 bits per heavy atom. The van der Waals surface area contributed by atoms with Gasteiger partial charge in [0, 0.05) is 11.3 Å². The van der Waals surface area contributed by atoms with E-state index in [1.54, 1.807) is 12.1 Å². The Balaban J connectivity index is 1.46. The number of rotatable bonds is 6. The predicted molar refractivity (Wildman–Crippen MR) is 133 cm³/mol. The van der Waals surface area contributed by atoms with Gasteiger partial charge in [0.15, 0.2) is 0 Å². The van der Waals surface area contributed by atoms with Crippen molar-refractivity contribution in [3.05, 3.63) is 113 Å². The van der Waals surface area contributed by atoms with Crippen molar-refractivity contribution in [2.75, 3.05) is 5.32 Å². The SMILES string of the molecule is Cc1cccc(NC(=O)/C(C#N)=C/c2ccc(OCc3c(C)ccc4ccccc34)cc2)c1. The van der Waals surface area contributed by atoms with Crippen molar-refractivity contribution in [3.63, 3.8) is 0 Å². The van der Waals surface area contributed by atoms with Gasteiger partial charge in [0.2, 0.25) is 0 Å². The first kappa shape index (κ1) is 21.9. The summed E-state index contributed by atoms with van der Waals surface area (Å²) in [5.41, 5.74) is 4.83. The Morgan fingerprint density at radius 1 is 0.970 bits per heavy atom. The summed E-state index contributed by atoms with van der Waals surface area (Å²) >= 11 is 0.